The third-order valence-corrected chi connectivity index (χ3v) is 4.32. The van der Waals surface area contributed by atoms with Crippen LogP contribution in [0.3, 0.4) is 0 Å². The maximum atomic E-state index is 12.4. The Morgan fingerprint density at radius 2 is 1.76 bits per heavy atom. The quantitative estimate of drug-likeness (QED) is 0.652. The van der Waals surface area contributed by atoms with Crippen LogP contribution in [0.5, 0.6) is 0 Å². The smallest absolute Gasteiger partial charge is 0.329 e. The second-order valence-corrected chi connectivity index (χ2v) is 5.56. The third kappa shape index (κ3) is 4.09. The molecule has 120 valence electrons. The number of amides is 3. The highest BCUT2D eigenvalue weighted by Crippen LogP contribution is 2.24. The lowest BCUT2D eigenvalue weighted by Crippen LogP contribution is -2.59. The fourth-order valence-electron chi connectivity index (χ4n) is 2.81. The normalized spacial score (nSPS) is 15.7. The maximum Gasteiger partial charge on any atom is 0.329 e. The first-order chi connectivity index (χ1) is 9.86. The van der Waals surface area contributed by atoms with E-state index < -0.39 is 23.4 Å². The molecule has 1 aliphatic rings. The zero-order valence-electron chi connectivity index (χ0n) is 12.7. The molecule has 0 saturated heterocycles. The largest absolute Gasteiger partial charge is 0.480 e. The molecule has 0 aromatic carbocycles. The Labute approximate surface area is 124 Å². The molecule has 0 atom stereocenters. The predicted octanol–water partition coefficient (Wildman–Crippen LogP) is 1.07. The molecule has 21 heavy (non-hydrogen) atoms. The van der Waals surface area contributed by atoms with Crippen LogP contribution in [0.4, 0.5) is 4.79 Å². The number of nitrogens with two attached hydrogens (primary N) is 1. The zero-order chi connectivity index (χ0) is 16.0. The number of carboxylic acid groups (broad SMARTS) is 1. The van der Waals surface area contributed by atoms with E-state index in [4.69, 9.17) is 5.73 Å². The molecular formula is C14H25N3O4. The highest BCUT2D eigenvalue weighted by atomic mass is 16.4. The van der Waals surface area contributed by atoms with Crippen LogP contribution >= 0.6 is 0 Å². The van der Waals surface area contributed by atoms with Crippen molar-refractivity contribution < 1.29 is 19.5 Å². The number of urea groups is 1. The Hall–Kier alpha value is -1.79. The third-order valence-electron chi connectivity index (χ3n) is 4.32. The number of nitrogens with zero attached hydrogens (tertiary/aromatic N) is 1. The van der Waals surface area contributed by atoms with E-state index in [0.717, 1.165) is 25.7 Å². The van der Waals surface area contributed by atoms with Gasteiger partial charge in [-0.3, -0.25) is 4.79 Å². The van der Waals surface area contributed by atoms with Gasteiger partial charge in [-0.15, -0.1) is 0 Å². The number of primary amides is 1. The molecular weight excluding hydrogens is 274 g/mol. The van der Waals surface area contributed by atoms with Crippen LogP contribution in [0.15, 0.2) is 0 Å². The number of rotatable bonds is 7. The first-order valence-electron chi connectivity index (χ1n) is 7.46. The fourth-order valence-corrected chi connectivity index (χ4v) is 2.81. The molecule has 0 aromatic rings. The van der Waals surface area contributed by atoms with Crippen LogP contribution in [0.1, 0.15) is 52.4 Å². The Morgan fingerprint density at radius 3 is 2.14 bits per heavy atom. The summed E-state index contributed by atoms with van der Waals surface area (Å²) in [6.45, 7) is 3.25. The summed E-state index contributed by atoms with van der Waals surface area (Å²) in [6.07, 6.45) is 4.19. The van der Waals surface area contributed by atoms with Gasteiger partial charge in [-0.2, -0.15) is 0 Å². The summed E-state index contributed by atoms with van der Waals surface area (Å²) in [5.41, 5.74) is 3.91. The van der Waals surface area contributed by atoms with Crippen molar-refractivity contribution in [2.75, 3.05) is 6.54 Å². The summed E-state index contributed by atoms with van der Waals surface area (Å²) in [7, 11) is 0. The van der Waals surface area contributed by atoms with E-state index in [2.05, 4.69) is 5.32 Å². The molecule has 0 unspecified atom stereocenters. The molecule has 1 aliphatic carbocycles. The van der Waals surface area contributed by atoms with Crippen molar-refractivity contribution in [1.29, 1.82) is 0 Å². The van der Waals surface area contributed by atoms with Gasteiger partial charge in [-0.25, -0.2) is 9.59 Å². The highest BCUT2D eigenvalue weighted by Gasteiger charge is 2.39. The lowest BCUT2D eigenvalue weighted by molar-refractivity contribution is -0.144. The average Bonchev–Trinajstić information content (AvgIpc) is 2.95. The number of hydrogen-bond donors (Lipinski definition) is 3. The molecule has 0 heterocycles. The molecule has 0 radical (unpaired) electrons. The van der Waals surface area contributed by atoms with Gasteiger partial charge < -0.3 is 21.1 Å². The predicted molar refractivity (Wildman–Crippen MR) is 77.6 cm³/mol. The standard InChI is InChI=1S/C14H25N3O4/c1-3-14(4-2,12(19)20)16-13(21)17(9-11(15)18)10-7-5-6-8-10/h10H,3-9H2,1-2H3,(H2,15,18)(H,16,21)(H,19,20). The van der Waals surface area contributed by atoms with E-state index in [-0.39, 0.29) is 25.4 Å². The fraction of sp³-hybridized carbons (Fsp3) is 0.786. The van der Waals surface area contributed by atoms with Gasteiger partial charge in [-0.05, 0) is 25.7 Å². The lowest BCUT2D eigenvalue weighted by atomic mass is 9.93. The van der Waals surface area contributed by atoms with E-state index >= 15 is 0 Å². The van der Waals surface area contributed by atoms with Gasteiger partial charge >= 0.3 is 12.0 Å². The molecule has 1 saturated carbocycles. The number of hydrogen-bond acceptors (Lipinski definition) is 3. The molecule has 7 heteroatoms. The minimum atomic E-state index is -1.30. The minimum absolute atomic E-state index is 0.0438. The molecule has 0 aromatic heterocycles. The first kappa shape index (κ1) is 17.3. The lowest BCUT2D eigenvalue weighted by Gasteiger charge is -2.34. The summed E-state index contributed by atoms with van der Waals surface area (Å²) in [6, 6.07) is -0.565. The molecule has 3 amide bonds. The number of nitrogens with one attached hydrogen (secondary N) is 1. The topological polar surface area (TPSA) is 113 Å². The molecule has 1 fully saturated rings. The van der Waals surface area contributed by atoms with Crippen molar-refractivity contribution in [3.63, 3.8) is 0 Å². The van der Waals surface area contributed by atoms with E-state index in [1.807, 2.05) is 0 Å². The molecule has 7 nitrogen and oxygen atoms in total. The summed E-state index contributed by atoms with van der Waals surface area (Å²) in [5.74, 6) is -1.66. The molecule has 0 bridgehead atoms. The summed E-state index contributed by atoms with van der Waals surface area (Å²) < 4.78 is 0. The monoisotopic (exact) mass is 299 g/mol. The number of carboxylic acids is 1. The van der Waals surface area contributed by atoms with Gasteiger partial charge in [-0.1, -0.05) is 26.7 Å². The van der Waals surface area contributed by atoms with Crippen LogP contribution in [0, 0.1) is 0 Å². The number of carbonyl (C=O) groups is 3. The van der Waals surface area contributed by atoms with Gasteiger partial charge in [0.15, 0.2) is 0 Å². The van der Waals surface area contributed by atoms with Crippen molar-refractivity contribution in [3.05, 3.63) is 0 Å². The zero-order valence-corrected chi connectivity index (χ0v) is 12.7. The van der Waals surface area contributed by atoms with Crippen molar-refractivity contribution in [1.82, 2.24) is 10.2 Å². The minimum Gasteiger partial charge on any atom is -0.480 e. The van der Waals surface area contributed by atoms with Crippen LogP contribution in [0.2, 0.25) is 0 Å². The molecule has 0 spiro atoms. The van der Waals surface area contributed by atoms with E-state index in [1.165, 1.54) is 4.90 Å². The first-order valence-corrected chi connectivity index (χ1v) is 7.46. The van der Waals surface area contributed by atoms with Gasteiger partial charge in [0, 0.05) is 6.04 Å². The number of carbonyl (C=O) groups excluding carboxylic acids is 2. The Morgan fingerprint density at radius 1 is 1.24 bits per heavy atom. The van der Waals surface area contributed by atoms with Crippen LogP contribution in [-0.4, -0.2) is 46.0 Å². The van der Waals surface area contributed by atoms with Gasteiger partial charge in [0.05, 0.1) is 0 Å². The van der Waals surface area contributed by atoms with Gasteiger partial charge in [0.1, 0.15) is 12.1 Å². The summed E-state index contributed by atoms with van der Waals surface area (Å²) in [4.78, 5) is 36.5. The van der Waals surface area contributed by atoms with E-state index in [9.17, 15) is 19.5 Å². The average molecular weight is 299 g/mol. The molecule has 0 aliphatic heterocycles. The Bertz CT molecular complexity index is 401. The van der Waals surface area contributed by atoms with Crippen LogP contribution in [-0.2, 0) is 9.59 Å². The van der Waals surface area contributed by atoms with Crippen molar-refractivity contribution in [2.45, 2.75) is 64.0 Å². The molecule has 1 rings (SSSR count). The van der Waals surface area contributed by atoms with Gasteiger partial charge in [0.25, 0.3) is 0 Å². The maximum absolute atomic E-state index is 12.4. The van der Waals surface area contributed by atoms with Crippen molar-refractivity contribution in [3.8, 4) is 0 Å². The summed E-state index contributed by atoms with van der Waals surface area (Å²) >= 11 is 0. The molecule has 4 N–H and O–H groups in total. The van der Waals surface area contributed by atoms with Gasteiger partial charge in [0.2, 0.25) is 5.91 Å². The SMILES string of the molecule is CCC(CC)(NC(=O)N(CC(N)=O)C1CCCC1)C(=O)O. The van der Waals surface area contributed by atoms with Crippen molar-refractivity contribution in [2.24, 2.45) is 5.73 Å². The Balaban J connectivity index is 2.88. The van der Waals surface area contributed by atoms with E-state index in [0.29, 0.717) is 0 Å². The number of aliphatic carboxylic acids is 1. The second-order valence-electron chi connectivity index (χ2n) is 5.56. The highest BCUT2D eigenvalue weighted by molar-refractivity contribution is 5.88. The van der Waals surface area contributed by atoms with Crippen LogP contribution in [0.25, 0.3) is 0 Å². The van der Waals surface area contributed by atoms with Crippen LogP contribution < -0.4 is 11.1 Å². The van der Waals surface area contributed by atoms with Crippen molar-refractivity contribution >= 4 is 17.9 Å². The Kier molecular flexibility index (Phi) is 5.99. The van der Waals surface area contributed by atoms with E-state index in [1.54, 1.807) is 13.8 Å². The summed E-state index contributed by atoms with van der Waals surface area (Å²) in [5, 5.41) is 12.0. The second kappa shape index (κ2) is 7.28.